The Morgan fingerprint density at radius 3 is 2.43 bits per heavy atom. The topological polar surface area (TPSA) is 110 Å². The van der Waals surface area contributed by atoms with Crippen molar-refractivity contribution in [3.05, 3.63) is 23.3 Å². The summed E-state index contributed by atoms with van der Waals surface area (Å²) in [5.41, 5.74) is 7.25. The lowest BCUT2D eigenvalue weighted by Gasteiger charge is -2.15. The lowest BCUT2D eigenvalue weighted by atomic mass is 10.1. The van der Waals surface area contributed by atoms with Crippen molar-refractivity contribution in [3.8, 4) is 0 Å². The predicted molar refractivity (Wildman–Crippen MR) is 76.8 cm³/mol. The highest BCUT2D eigenvalue weighted by molar-refractivity contribution is 7.89. The van der Waals surface area contributed by atoms with Crippen LogP contribution < -0.4 is 10.5 Å². The number of imide groups is 1. The molecule has 114 valence electrons. The van der Waals surface area contributed by atoms with Crippen molar-refractivity contribution < 1.29 is 18.0 Å². The molecule has 1 aliphatic rings. The number of anilines is 1. The summed E-state index contributed by atoms with van der Waals surface area (Å²) in [6.45, 7) is 3.32. The van der Waals surface area contributed by atoms with Crippen LogP contribution in [0.3, 0.4) is 0 Å². The highest BCUT2D eigenvalue weighted by Gasteiger charge is 2.39. The maximum Gasteiger partial charge on any atom is 0.247 e. The summed E-state index contributed by atoms with van der Waals surface area (Å²) in [6, 6.07) is 2.10. The van der Waals surface area contributed by atoms with E-state index in [1.54, 1.807) is 19.9 Å². The number of likely N-dealkylation sites (tertiary alicyclic amines) is 1. The molecule has 1 saturated heterocycles. The molecule has 21 heavy (non-hydrogen) atoms. The fourth-order valence-corrected chi connectivity index (χ4v) is 3.78. The first kappa shape index (κ1) is 15.5. The third kappa shape index (κ3) is 2.77. The third-order valence-corrected chi connectivity index (χ3v) is 5.11. The van der Waals surface area contributed by atoms with Crippen molar-refractivity contribution in [1.82, 2.24) is 9.62 Å². The normalized spacial score (nSPS) is 19.4. The Bertz CT molecular complexity index is 727. The summed E-state index contributed by atoms with van der Waals surface area (Å²) < 4.78 is 27.1. The predicted octanol–water partition coefficient (Wildman–Crippen LogP) is -0.0788. The molecule has 1 fully saturated rings. The van der Waals surface area contributed by atoms with E-state index in [9.17, 15) is 18.0 Å². The zero-order valence-corrected chi connectivity index (χ0v) is 12.8. The molecule has 1 unspecified atom stereocenters. The zero-order chi connectivity index (χ0) is 15.9. The summed E-state index contributed by atoms with van der Waals surface area (Å²) in [6.07, 6.45) is -0.172. The Kier molecular flexibility index (Phi) is 3.77. The second kappa shape index (κ2) is 5.12. The Hall–Kier alpha value is -1.93. The molecule has 0 saturated carbocycles. The zero-order valence-electron chi connectivity index (χ0n) is 12.0. The number of carbonyl (C=O) groups is 2. The summed E-state index contributed by atoms with van der Waals surface area (Å²) in [7, 11) is -2.60. The van der Waals surface area contributed by atoms with Crippen LogP contribution in [0.2, 0.25) is 0 Å². The van der Waals surface area contributed by atoms with Crippen molar-refractivity contribution in [1.29, 1.82) is 0 Å². The van der Waals surface area contributed by atoms with Crippen LogP contribution in [0, 0.1) is 13.8 Å². The van der Waals surface area contributed by atoms with Crippen molar-refractivity contribution in [2.45, 2.75) is 31.2 Å². The number of carbonyl (C=O) groups excluding carboxylic acids is 2. The number of nitrogens with one attached hydrogen (secondary N) is 1. The molecule has 1 aromatic carbocycles. The second-order valence-corrected chi connectivity index (χ2v) is 6.83. The first-order valence-electron chi connectivity index (χ1n) is 6.33. The summed E-state index contributed by atoms with van der Waals surface area (Å²) in [4.78, 5) is 24.2. The van der Waals surface area contributed by atoms with Crippen LogP contribution >= 0.6 is 0 Å². The van der Waals surface area contributed by atoms with Gasteiger partial charge in [0.25, 0.3) is 0 Å². The number of nitrogen functional groups attached to an aromatic ring is 1. The fourth-order valence-electron chi connectivity index (χ4n) is 2.23. The summed E-state index contributed by atoms with van der Waals surface area (Å²) in [5, 5.41) is 0. The number of rotatable bonds is 3. The van der Waals surface area contributed by atoms with Gasteiger partial charge in [-0.25, -0.2) is 8.42 Å². The third-order valence-electron chi connectivity index (χ3n) is 3.51. The van der Waals surface area contributed by atoms with Crippen LogP contribution in [0.4, 0.5) is 5.69 Å². The SMILES string of the molecule is Cc1cc(N)c(C)c(S(=O)(=O)NC2CC(=O)N(C)C2=O)c1. The van der Waals surface area contributed by atoms with E-state index in [0.29, 0.717) is 16.8 Å². The van der Waals surface area contributed by atoms with Gasteiger partial charge in [0.15, 0.2) is 0 Å². The minimum absolute atomic E-state index is 0.0230. The van der Waals surface area contributed by atoms with Crippen LogP contribution in [0.5, 0.6) is 0 Å². The molecule has 2 amide bonds. The molecule has 0 aromatic heterocycles. The Morgan fingerprint density at radius 1 is 1.29 bits per heavy atom. The molecular formula is C13H17N3O4S. The van der Waals surface area contributed by atoms with Crippen LogP contribution in [-0.2, 0) is 19.6 Å². The van der Waals surface area contributed by atoms with E-state index in [-0.39, 0.29) is 11.3 Å². The van der Waals surface area contributed by atoms with E-state index in [1.165, 1.54) is 13.1 Å². The van der Waals surface area contributed by atoms with Gasteiger partial charge in [0, 0.05) is 12.7 Å². The highest BCUT2D eigenvalue weighted by Crippen LogP contribution is 2.24. The number of amides is 2. The van der Waals surface area contributed by atoms with Gasteiger partial charge in [0.1, 0.15) is 6.04 Å². The van der Waals surface area contributed by atoms with E-state index >= 15 is 0 Å². The molecule has 1 heterocycles. The molecule has 0 aliphatic carbocycles. The highest BCUT2D eigenvalue weighted by atomic mass is 32.2. The smallest absolute Gasteiger partial charge is 0.247 e. The molecule has 1 atom stereocenters. The number of nitrogens with zero attached hydrogens (tertiary/aromatic N) is 1. The maximum atomic E-state index is 12.4. The van der Waals surface area contributed by atoms with E-state index in [0.717, 1.165) is 4.90 Å². The Morgan fingerprint density at radius 2 is 1.90 bits per heavy atom. The van der Waals surface area contributed by atoms with Gasteiger partial charge in [-0.05, 0) is 37.1 Å². The molecule has 0 spiro atoms. The van der Waals surface area contributed by atoms with Crippen molar-refractivity contribution in [3.63, 3.8) is 0 Å². The summed E-state index contributed by atoms with van der Waals surface area (Å²) >= 11 is 0. The summed E-state index contributed by atoms with van der Waals surface area (Å²) in [5.74, 6) is -0.963. The number of nitrogens with two attached hydrogens (primary N) is 1. The van der Waals surface area contributed by atoms with Gasteiger partial charge in [0.05, 0.1) is 11.3 Å². The van der Waals surface area contributed by atoms with Crippen LogP contribution in [0.25, 0.3) is 0 Å². The lowest BCUT2D eigenvalue weighted by molar-refractivity contribution is -0.137. The molecule has 1 aromatic rings. The number of hydrogen-bond donors (Lipinski definition) is 2. The first-order chi connectivity index (χ1) is 9.63. The van der Waals surface area contributed by atoms with E-state index in [1.807, 2.05) is 0 Å². The first-order valence-corrected chi connectivity index (χ1v) is 7.81. The molecular weight excluding hydrogens is 294 g/mol. The van der Waals surface area contributed by atoms with Crippen molar-refractivity contribution in [2.24, 2.45) is 0 Å². The molecule has 1 aliphatic heterocycles. The fraction of sp³-hybridized carbons (Fsp3) is 0.385. The van der Waals surface area contributed by atoms with Crippen molar-refractivity contribution >= 4 is 27.5 Å². The van der Waals surface area contributed by atoms with Crippen LogP contribution in [-0.4, -0.2) is 38.2 Å². The van der Waals surface area contributed by atoms with E-state index in [2.05, 4.69) is 4.72 Å². The Balaban J connectivity index is 2.36. The van der Waals surface area contributed by atoms with Crippen molar-refractivity contribution in [2.75, 3.05) is 12.8 Å². The van der Waals surface area contributed by atoms with E-state index < -0.39 is 27.9 Å². The number of aryl methyl sites for hydroxylation is 1. The monoisotopic (exact) mass is 311 g/mol. The molecule has 0 bridgehead atoms. The molecule has 8 heteroatoms. The minimum atomic E-state index is -3.93. The quantitative estimate of drug-likeness (QED) is 0.599. The largest absolute Gasteiger partial charge is 0.398 e. The average molecular weight is 311 g/mol. The van der Waals surface area contributed by atoms with Crippen LogP contribution in [0.1, 0.15) is 17.5 Å². The van der Waals surface area contributed by atoms with Gasteiger partial charge in [-0.3, -0.25) is 14.5 Å². The van der Waals surface area contributed by atoms with Gasteiger partial charge in [0.2, 0.25) is 21.8 Å². The second-order valence-electron chi connectivity index (χ2n) is 5.15. The lowest BCUT2D eigenvalue weighted by Crippen LogP contribution is -2.40. The molecule has 3 N–H and O–H groups in total. The number of likely N-dealkylation sites (N-methyl/N-ethyl adjacent to an activating group) is 1. The number of sulfonamides is 1. The van der Waals surface area contributed by atoms with Gasteiger partial charge >= 0.3 is 0 Å². The van der Waals surface area contributed by atoms with E-state index in [4.69, 9.17) is 5.73 Å². The van der Waals surface area contributed by atoms with Gasteiger partial charge in [-0.1, -0.05) is 0 Å². The maximum absolute atomic E-state index is 12.4. The Labute approximate surface area is 123 Å². The van der Waals surface area contributed by atoms with Crippen LogP contribution in [0.15, 0.2) is 17.0 Å². The minimum Gasteiger partial charge on any atom is -0.398 e. The average Bonchev–Trinajstić information content (AvgIpc) is 2.61. The number of hydrogen-bond acceptors (Lipinski definition) is 5. The standard InChI is InChI=1S/C13H17N3O4S/c1-7-4-9(14)8(2)11(5-7)21(19,20)15-10-6-12(17)16(3)13(10)18/h4-5,10,15H,6,14H2,1-3H3. The van der Waals surface area contributed by atoms with Gasteiger partial charge in [-0.2, -0.15) is 4.72 Å². The van der Waals surface area contributed by atoms with Gasteiger partial charge in [-0.15, -0.1) is 0 Å². The molecule has 2 rings (SSSR count). The number of benzene rings is 1. The molecule has 0 radical (unpaired) electrons. The van der Waals surface area contributed by atoms with Gasteiger partial charge < -0.3 is 5.73 Å². The molecule has 7 nitrogen and oxygen atoms in total.